The second-order valence-corrected chi connectivity index (χ2v) is 6.73. The highest BCUT2D eigenvalue weighted by molar-refractivity contribution is 14.1. The monoisotopic (exact) mass is 336 g/mol. The molecule has 2 rings (SSSR count). The Morgan fingerprint density at radius 2 is 2.21 bits per heavy atom. The lowest BCUT2D eigenvalue weighted by Gasteiger charge is -1.94. The standard InChI is InChI=1S/C9H9IN2S2/c10-9-12-11-8(14-9)5-1-3-7-4-2-6-13-7/h2,4,6H,1,3,5H2. The molecule has 0 amide bonds. The molecule has 0 saturated heterocycles. The zero-order chi connectivity index (χ0) is 9.80. The minimum Gasteiger partial charge on any atom is -0.149 e. The fraction of sp³-hybridized carbons (Fsp3) is 0.333. The summed E-state index contributed by atoms with van der Waals surface area (Å²) in [6.45, 7) is 0. The van der Waals surface area contributed by atoms with Crippen LogP contribution >= 0.6 is 45.3 Å². The van der Waals surface area contributed by atoms with Gasteiger partial charge in [-0.1, -0.05) is 17.4 Å². The van der Waals surface area contributed by atoms with E-state index >= 15 is 0 Å². The highest BCUT2D eigenvalue weighted by atomic mass is 127. The van der Waals surface area contributed by atoms with Gasteiger partial charge in [0.15, 0.2) is 3.01 Å². The van der Waals surface area contributed by atoms with Crippen molar-refractivity contribution in [3.63, 3.8) is 0 Å². The van der Waals surface area contributed by atoms with Crippen molar-refractivity contribution in [2.75, 3.05) is 0 Å². The van der Waals surface area contributed by atoms with Crippen molar-refractivity contribution < 1.29 is 0 Å². The predicted octanol–water partition coefficient (Wildman–Crippen LogP) is 3.38. The van der Waals surface area contributed by atoms with Gasteiger partial charge in [0.1, 0.15) is 5.01 Å². The normalized spacial score (nSPS) is 10.6. The molecule has 0 aliphatic heterocycles. The highest BCUT2D eigenvalue weighted by Crippen LogP contribution is 2.16. The largest absolute Gasteiger partial charge is 0.178 e. The Hall–Kier alpha value is -0.0100. The van der Waals surface area contributed by atoms with Crippen LogP contribution in [0.4, 0.5) is 0 Å². The second kappa shape index (κ2) is 5.18. The summed E-state index contributed by atoms with van der Waals surface area (Å²) in [6, 6.07) is 4.29. The van der Waals surface area contributed by atoms with E-state index in [0.29, 0.717) is 0 Å². The first-order chi connectivity index (χ1) is 6.84. The van der Waals surface area contributed by atoms with E-state index in [-0.39, 0.29) is 0 Å². The number of thiophene rings is 1. The SMILES string of the molecule is Ic1nnc(CCCc2cccs2)s1. The zero-order valence-electron chi connectivity index (χ0n) is 7.44. The number of aryl methyl sites for hydroxylation is 2. The molecular formula is C9H9IN2S2. The first-order valence-corrected chi connectivity index (χ1v) is 7.12. The summed E-state index contributed by atoms with van der Waals surface area (Å²) in [6.07, 6.45) is 3.39. The van der Waals surface area contributed by atoms with Gasteiger partial charge in [0.05, 0.1) is 0 Å². The van der Waals surface area contributed by atoms with Crippen LogP contribution in [0.3, 0.4) is 0 Å². The quantitative estimate of drug-likeness (QED) is 0.800. The molecule has 74 valence electrons. The Morgan fingerprint density at radius 3 is 2.86 bits per heavy atom. The average Bonchev–Trinajstić information content (AvgIpc) is 2.77. The third kappa shape index (κ3) is 2.99. The molecule has 5 heteroatoms. The van der Waals surface area contributed by atoms with Gasteiger partial charge < -0.3 is 0 Å². The van der Waals surface area contributed by atoms with Crippen LogP contribution in [-0.4, -0.2) is 10.2 Å². The van der Waals surface area contributed by atoms with Crippen LogP contribution < -0.4 is 0 Å². The molecule has 0 atom stereocenters. The molecule has 0 N–H and O–H groups in total. The molecule has 0 radical (unpaired) electrons. The van der Waals surface area contributed by atoms with Crippen molar-refractivity contribution in [1.82, 2.24) is 10.2 Å². The molecule has 14 heavy (non-hydrogen) atoms. The van der Waals surface area contributed by atoms with Gasteiger partial charge in [0.2, 0.25) is 0 Å². The smallest absolute Gasteiger partial charge is 0.149 e. The van der Waals surface area contributed by atoms with Crippen molar-refractivity contribution in [2.45, 2.75) is 19.3 Å². The van der Waals surface area contributed by atoms with Gasteiger partial charge in [-0.3, -0.25) is 0 Å². The lowest BCUT2D eigenvalue weighted by Crippen LogP contribution is -1.87. The van der Waals surface area contributed by atoms with Gasteiger partial charge in [-0.15, -0.1) is 21.5 Å². The molecule has 2 aromatic rings. The van der Waals surface area contributed by atoms with E-state index < -0.39 is 0 Å². The van der Waals surface area contributed by atoms with Crippen molar-refractivity contribution in [3.8, 4) is 0 Å². The topological polar surface area (TPSA) is 25.8 Å². The predicted molar refractivity (Wildman–Crippen MR) is 69.0 cm³/mol. The van der Waals surface area contributed by atoms with E-state index in [1.54, 1.807) is 11.3 Å². The summed E-state index contributed by atoms with van der Waals surface area (Å²) < 4.78 is 1.04. The Kier molecular flexibility index (Phi) is 3.89. The summed E-state index contributed by atoms with van der Waals surface area (Å²) in [5.41, 5.74) is 0. The zero-order valence-corrected chi connectivity index (χ0v) is 11.2. The average molecular weight is 336 g/mol. The molecule has 0 bridgehead atoms. The molecule has 0 saturated carbocycles. The van der Waals surface area contributed by atoms with Crippen LogP contribution in [0.5, 0.6) is 0 Å². The van der Waals surface area contributed by atoms with E-state index in [1.165, 1.54) is 11.3 Å². The van der Waals surface area contributed by atoms with Crippen LogP contribution in [0.2, 0.25) is 0 Å². The van der Waals surface area contributed by atoms with Gasteiger partial charge >= 0.3 is 0 Å². The molecule has 2 aromatic heterocycles. The molecule has 0 spiro atoms. The summed E-state index contributed by atoms with van der Waals surface area (Å²) >= 11 is 5.73. The third-order valence-corrected chi connectivity index (χ3v) is 4.42. The maximum atomic E-state index is 4.10. The van der Waals surface area contributed by atoms with Gasteiger partial charge in [-0.05, 0) is 46.9 Å². The van der Waals surface area contributed by atoms with E-state index in [9.17, 15) is 0 Å². The number of nitrogens with zero attached hydrogens (tertiary/aromatic N) is 2. The number of hydrogen-bond acceptors (Lipinski definition) is 4. The number of halogens is 1. The molecule has 2 heterocycles. The summed E-state index contributed by atoms with van der Waals surface area (Å²) in [7, 11) is 0. The van der Waals surface area contributed by atoms with E-state index in [1.807, 2.05) is 11.3 Å². The van der Waals surface area contributed by atoms with Crippen molar-refractivity contribution >= 4 is 45.3 Å². The second-order valence-electron chi connectivity index (χ2n) is 2.88. The van der Waals surface area contributed by atoms with Crippen LogP contribution in [-0.2, 0) is 12.8 Å². The van der Waals surface area contributed by atoms with Crippen molar-refractivity contribution in [3.05, 3.63) is 30.4 Å². The highest BCUT2D eigenvalue weighted by Gasteiger charge is 2.01. The number of aromatic nitrogens is 2. The third-order valence-electron chi connectivity index (χ3n) is 1.84. The first kappa shape index (κ1) is 10.5. The van der Waals surface area contributed by atoms with Crippen LogP contribution in [0, 0.1) is 3.01 Å². The summed E-state index contributed by atoms with van der Waals surface area (Å²) in [5.74, 6) is 0. The fourth-order valence-electron chi connectivity index (χ4n) is 1.20. The van der Waals surface area contributed by atoms with Crippen molar-refractivity contribution in [2.24, 2.45) is 0 Å². The number of rotatable bonds is 4. The molecule has 0 aliphatic carbocycles. The Morgan fingerprint density at radius 1 is 1.29 bits per heavy atom. The lowest BCUT2D eigenvalue weighted by atomic mass is 10.2. The van der Waals surface area contributed by atoms with Gasteiger partial charge in [-0.2, -0.15) is 0 Å². The molecule has 0 fully saturated rings. The van der Waals surface area contributed by atoms with Crippen LogP contribution in [0.15, 0.2) is 17.5 Å². The molecule has 0 unspecified atom stereocenters. The molecule has 0 aliphatic rings. The van der Waals surface area contributed by atoms with E-state index in [2.05, 4.69) is 50.3 Å². The molecular weight excluding hydrogens is 327 g/mol. The Labute approximate surface area is 105 Å². The van der Waals surface area contributed by atoms with Crippen LogP contribution in [0.1, 0.15) is 16.3 Å². The van der Waals surface area contributed by atoms with Crippen LogP contribution in [0.25, 0.3) is 0 Å². The van der Waals surface area contributed by atoms with Gasteiger partial charge in [0.25, 0.3) is 0 Å². The summed E-state index contributed by atoms with van der Waals surface area (Å²) in [5, 5.41) is 11.4. The molecule has 2 nitrogen and oxygen atoms in total. The maximum Gasteiger partial charge on any atom is 0.178 e. The Balaban J connectivity index is 1.78. The molecule has 0 aromatic carbocycles. The maximum absolute atomic E-state index is 4.10. The lowest BCUT2D eigenvalue weighted by molar-refractivity contribution is 0.809. The van der Waals surface area contributed by atoms with E-state index in [0.717, 1.165) is 20.9 Å². The number of hydrogen-bond donors (Lipinski definition) is 0. The minimum absolute atomic E-state index is 1.04. The van der Waals surface area contributed by atoms with Gasteiger partial charge in [0, 0.05) is 11.3 Å². The van der Waals surface area contributed by atoms with Gasteiger partial charge in [-0.25, -0.2) is 0 Å². The van der Waals surface area contributed by atoms with E-state index in [4.69, 9.17) is 0 Å². The van der Waals surface area contributed by atoms with Crippen molar-refractivity contribution in [1.29, 1.82) is 0 Å². The Bertz CT molecular complexity index is 383. The first-order valence-electron chi connectivity index (χ1n) is 4.35. The minimum atomic E-state index is 1.04. The summed E-state index contributed by atoms with van der Waals surface area (Å²) in [4.78, 5) is 1.46. The fourth-order valence-corrected chi connectivity index (χ4v) is 3.43.